The first-order chi connectivity index (χ1) is 11.3. The standard InChI is InChI=1S/C16H18ClN3O3S/c1-16(2,3)10-8-12(23-19-10)18-15(22)9-4-6-13(21)20(9)14-7-5-11(17)24-14/h5,7-9H,4,6H2,1-3H3,(H,18,22)/t9-/m0/s1. The van der Waals surface area contributed by atoms with Gasteiger partial charge in [0.2, 0.25) is 17.7 Å². The Kier molecular flexibility index (Phi) is 4.40. The van der Waals surface area contributed by atoms with Gasteiger partial charge in [0.15, 0.2) is 0 Å². The van der Waals surface area contributed by atoms with Crippen LogP contribution in [0.1, 0.15) is 39.3 Å². The fourth-order valence-corrected chi connectivity index (χ4v) is 3.63. The summed E-state index contributed by atoms with van der Waals surface area (Å²) in [5.41, 5.74) is 0.581. The molecular weight excluding hydrogens is 350 g/mol. The van der Waals surface area contributed by atoms with Gasteiger partial charge in [-0.25, -0.2) is 0 Å². The van der Waals surface area contributed by atoms with Crippen molar-refractivity contribution in [2.75, 3.05) is 10.2 Å². The van der Waals surface area contributed by atoms with E-state index in [4.69, 9.17) is 16.1 Å². The predicted molar refractivity (Wildman–Crippen MR) is 93.7 cm³/mol. The highest BCUT2D eigenvalue weighted by Crippen LogP contribution is 2.35. The van der Waals surface area contributed by atoms with E-state index in [2.05, 4.69) is 10.5 Å². The first-order valence-corrected chi connectivity index (χ1v) is 8.80. The van der Waals surface area contributed by atoms with Crippen LogP contribution in [-0.4, -0.2) is 23.0 Å². The second kappa shape index (κ2) is 6.22. The van der Waals surface area contributed by atoms with E-state index in [1.54, 1.807) is 18.2 Å². The summed E-state index contributed by atoms with van der Waals surface area (Å²) in [7, 11) is 0. The molecule has 0 saturated carbocycles. The minimum atomic E-state index is -0.574. The van der Waals surface area contributed by atoms with Gasteiger partial charge in [0.05, 0.1) is 15.0 Å². The fourth-order valence-electron chi connectivity index (χ4n) is 2.53. The molecule has 128 valence electrons. The van der Waals surface area contributed by atoms with Crippen LogP contribution in [0.5, 0.6) is 0 Å². The highest BCUT2D eigenvalue weighted by molar-refractivity contribution is 7.20. The molecule has 1 fully saturated rings. The lowest BCUT2D eigenvalue weighted by atomic mass is 9.92. The second-order valence-electron chi connectivity index (χ2n) is 6.71. The van der Waals surface area contributed by atoms with Crippen LogP contribution in [0.2, 0.25) is 4.34 Å². The van der Waals surface area contributed by atoms with Crippen LogP contribution in [0.15, 0.2) is 22.7 Å². The maximum atomic E-state index is 12.6. The number of thiophene rings is 1. The number of nitrogens with zero attached hydrogens (tertiary/aromatic N) is 2. The zero-order chi connectivity index (χ0) is 17.5. The zero-order valence-electron chi connectivity index (χ0n) is 13.6. The number of halogens is 1. The minimum absolute atomic E-state index is 0.0818. The number of carbonyl (C=O) groups is 2. The molecule has 2 aromatic rings. The molecule has 1 saturated heterocycles. The summed E-state index contributed by atoms with van der Waals surface area (Å²) in [5, 5.41) is 7.37. The van der Waals surface area contributed by atoms with Crippen LogP contribution < -0.4 is 10.2 Å². The third-order valence-corrected chi connectivity index (χ3v) is 5.07. The molecule has 24 heavy (non-hydrogen) atoms. The Labute approximate surface area is 148 Å². The molecule has 6 nitrogen and oxygen atoms in total. The van der Waals surface area contributed by atoms with E-state index in [1.807, 2.05) is 20.8 Å². The number of anilines is 2. The maximum absolute atomic E-state index is 12.6. The van der Waals surface area contributed by atoms with Gasteiger partial charge >= 0.3 is 0 Å². The summed E-state index contributed by atoms with van der Waals surface area (Å²) >= 11 is 7.22. The van der Waals surface area contributed by atoms with E-state index in [1.165, 1.54) is 16.2 Å². The number of nitrogens with one attached hydrogen (secondary N) is 1. The largest absolute Gasteiger partial charge is 0.338 e. The summed E-state index contributed by atoms with van der Waals surface area (Å²) in [6.45, 7) is 6.02. The van der Waals surface area contributed by atoms with Gasteiger partial charge < -0.3 is 4.52 Å². The number of aromatic nitrogens is 1. The minimum Gasteiger partial charge on any atom is -0.338 e. The van der Waals surface area contributed by atoms with Crippen LogP contribution in [0.3, 0.4) is 0 Å². The number of carbonyl (C=O) groups excluding carboxylic acids is 2. The summed E-state index contributed by atoms with van der Waals surface area (Å²) in [4.78, 5) is 26.3. The highest BCUT2D eigenvalue weighted by atomic mass is 35.5. The van der Waals surface area contributed by atoms with Gasteiger partial charge in [0.25, 0.3) is 0 Å². The van der Waals surface area contributed by atoms with Crippen LogP contribution >= 0.6 is 22.9 Å². The molecular formula is C16H18ClN3O3S. The molecule has 0 unspecified atom stereocenters. The Balaban J connectivity index is 1.76. The molecule has 0 spiro atoms. The fraction of sp³-hybridized carbons (Fsp3) is 0.438. The summed E-state index contributed by atoms with van der Waals surface area (Å²) in [6.07, 6.45) is 0.789. The molecule has 0 radical (unpaired) electrons. The molecule has 3 heterocycles. The van der Waals surface area contributed by atoms with Gasteiger partial charge in [-0.1, -0.05) is 37.5 Å². The van der Waals surface area contributed by atoms with Crippen molar-refractivity contribution in [1.29, 1.82) is 0 Å². The molecule has 8 heteroatoms. The van der Waals surface area contributed by atoms with Crippen molar-refractivity contribution in [3.8, 4) is 0 Å². The zero-order valence-corrected chi connectivity index (χ0v) is 15.2. The lowest BCUT2D eigenvalue weighted by molar-refractivity contribution is -0.120. The van der Waals surface area contributed by atoms with E-state index < -0.39 is 6.04 Å². The van der Waals surface area contributed by atoms with Gasteiger partial charge in [0.1, 0.15) is 6.04 Å². The maximum Gasteiger partial charge on any atom is 0.249 e. The molecule has 1 N–H and O–H groups in total. The Bertz CT molecular complexity index is 778. The first-order valence-electron chi connectivity index (χ1n) is 7.61. The Morgan fingerprint density at radius 2 is 2.21 bits per heavy atom. The molecule has 0 aliphatic carbocycles. The van der Waals surface area contributed by atoms with Crippen molar-refractivity contribution >= 4 is 45.6 Å². The summed E-state index contributed by atoms with van der Waals surface area (Å²) in [5.74, 6) is -0.0861. The highest BCUT2D eigenvalue weighted by Gasteiger charge is 2.38. The molecule has 3 rings (SSSR count). The van der Waals surface area contributed by atoms with Crippen LogP contribution in [-0.2, 0) is 15.0 Å². The topological polar surface area (TPSA) is 75.4 Å². The lowest BCUT2D eigenvalue weighted by Gasteiger charge is -2.21. The van der Waals surface area contributed by atoms with Crippen molar-refractivity contribution in [2.24, 2.45) is 0 Å². The Morgan fingerprint density at radius 3 is 2.79 bits per heavy atom. The van der Waals surface area contributed by atoms with E-state index in [-0.39, 0.29) is 23.1 Å². The number of hydrogen-bond acceptors (Lipinski definition) is 5. The third-order valence-electron chi connectivity index (χ3n) is 3.84. The molecule has 2 aromatic heterocycles. The van der Waals surface area contributed by atoms with Crippen LogP contribution in [0.25, 0.3) is 0 Å². The first kappa shape index (κ1) is 17.0. The smallest absolute Gasteiger partial charge is 0.249 e. The van der Waals surface area contributed by atoms with Crippen molar-refractivity contribution in [3.63, 3.8) is 0 Å². The summed E-state index contributed by atoms with van der Waals surface area (Å²) < 4.78 is 5.77. The van der Waals surface area contributed by atoms with Crippen LogP contribution in [0.4, 0.5) is 10.9 Å². The molecule has 2 amide bonds. The normalized spacial score (nSPS) is 18.2. The Hall–Kier alpha value is -1.86. The monoisotopic (exact) mass is 367 g/mol. The second-order valence-corrected chi connectivity index (χ2v) is 8.41. The van der Waals surface area contributed by atoms with Gasteiger partial charge in [-0.3, -0.25) is 19.8 Å². The molecule has 1 aliphatic heterocycles. The van der Waals surface area contributed by atoms with E-state index in [0.29, 0.717) is 22.2 Å². The SMILES string of the molecule is CC(C)(C)c1cc(NC(=O)[C@@H]2CCC(=O)N2c2ccc(Cl)s2)on1. The average Bonchev–Trinajstić information content (AvgIpc) is 3.18. The summed E-state index contributed by atoms with van der Waals surface area (Å²) in [6, 6.07) is 4.60. The Morgan fingerprint density at radius 1 is 1.46 bits per heavy atom. The van der Waals surface area contributed by atoms with Gasteiger partial charge in [-0.15, -0.1) is 11.3 Å². The number of rotatable bonds is 3. The average molecular weight is 368 g/mol. The van der Waals surface area contributed by atoms with Crippen molar-refractivity contribution in [1.82, 2.24) is 5.16 Å². The van der Waals surface area contributed by atoms with E-state index in [0.717, 1.165) is 5.69 Å². The van der Waals surface area contributed by atoms with E-state index in [9.17, 15) is 9.59 Å². The van der Waals surface area contributed by atoms with Crippen molar-refractivity contribution < 1.29 is 14.1 Å². The lowest BCUT2D eigenvalue weighted by Crippen LogP contribution is -2.41. The molecule has 1 aliphatic rings. The molecule has 0 aromatic carbocycles. The van der Waals surface area contributed by atoms with Gasteiger partial charge in [-0.2, -0.15) is 0 Å². The van der Waals surface area contributed by atoms with Crippen LogP contribution in [0, 0.1) is 0 Å². The molecule has 1 atom stereocenters. The predicted octanol–water partition coefficient (Wildman–Crippen LogP) is 3.82. The van der Waals surface area contributed by atoms with Crippen molar-refractivity contribution in [2.45, 2.75) is 45.1 Å². The van der Waals surface area contributed by atoms with E-state index >= 15 is 0 Å². The molecule has 0 bridgehead atoms. The van der Waals surface area contributed by atoms with Gasteiger partial charge in [-0.05, 0) is 18.6 Å². The number of hydrogen-bond donors (Lipinski definition) is 1. The van der Waals surface area contributed by atoms with Gasteiger partial charge in [0, 0.05) is 17.9 Å². The number of amides is 2. The third kappa shape index (κ3) is 3.32. The quantitative estimate of drug-likeness (QED) is 0.894. The van der Waals surface area contributed by atoms with Crippen molar-refractivity contribution in [3.05, 3.63) is 28.2 Å².